The van der Waals surface area contributed by atoms with E-state index in [-0.39, 0.29) is 5.54 Å². The summed E-state index contributed by atoms with van der Waals surface area (Å²) in [5.41, 5.74) is 0.167. The van der Waals surface area contributed by atoms with Crippen molar-refractivity contribution in [1.82, 2.24) is 14.9 Å². The number of aryl methyl sites for hydroxylation is 1. The Kier molecular flexibility index (Phi) is 5.22. The molecule has 1 aromatic rings. The predicted molar refractivity (Wildman–Crippen MR) is 81.9 cm³/mol. The number of rotatable bonds is 6. The van der Waals surface area contributed by atoms with E-state index in [0.717, 1.165) is 38.8 Å². The second-order valence-electron chi connectivity index (χ2n) is 6.83. The molecule has 0 aromatic carbocycles. The molecule has 4 nitrogen and oxygen atoms in total. The van der Waals surface area contributed by atoms with Crippen LogP contribution in [0.5, 0.6) is 0 Å². The second kappa shape index (κ2) is 6.72. The molecule has 1 aromatic heterocycles. The summed E-state index contributed by atoms with van der Waals surface area (Å²) in [7, 11) is 0. The third-order valence-corrected chi connectivity index (χ3v) is 3.73. The molecule has 1 fully saturated rings. The maximum absolute atomic E-state index is 6.15. The van der Waals surface area contributed by atoms with Gasteiger partial charge in [0.1, 0.15) is 5.82 Å². The molecule has 20 heavy (non-hydrogen) atoms. The van der Waals surface area contributed by atoms with Crippen LogP contribution in [0.2, 0.25) is 0 Å². The maximum Gasteiger partial charge on any atom is 0.108 e. The lowest BCUT2D eigenvalue weighted by Crippen LogP contribution is -2.41. The fourth-order valence-corrected chi connectivity index (χ4v) is 2.66. The molecule has 1 aliphatic heterocycles. The highest BCUT2D eigenvalue weighted by Gasteiger charge is 2.26. The molecule has 0 radical (unpaired) electrons. The van der Waals surface area contributed by atoms with Crippen molar-refractivity contribution in [3.05, 3.63) is 18.2 Å². The third-order valence-electron chi connectivity index (χ3n) is 3.73. The quantitative estimate of drug-likeness (QED) is 0.870. The molecule has 1 N–H and O–H groups in total. The Morgan fingerprint density at radius 3 is 2.80 bits per heavy atom. The molecule has 0 spiro atoms. The average molecular weight is 279 g/mol. The van der Waals surface area contributed by atoms with E-state index in [0.29, 0.717) is 12.2 Å². The summed E-state index contributed by atoms with van der Waals surface area (Å²) in [6.07, 6.45) is 9.18. The van der Waals surface area contributed by atoms with Crippen LogP contribution in [0.4, 0.5) is 0 Å². The summed E-state index contributed by atoms with van der Waals surface area (Å²) in [5, 5.41) is 3.53. The van der Waals surface area contributed by atoms with Crippen LogP contribution in [0.3, 0.4) is 0 Å². The average Bonchev–Trinajstić information content (AvgIpc) is 2.97. The van der Waals surface area contributed by atoms with E-state index in [1.165, 1.54) is 5.82 Å². The Morgan fingerprint density at radius 1 is 1.35 bits per heavy atom. The highest BCUT2D eigenvalue weighted by atomic mass is 16.5. The zero-order valence-corrected chi connectivity index (χ0v) is 13.4. The summed E-state index contributed by atoms with van der Waals surface area (Å²) in [5.74, 6) is 1.19. The molecule has 2 rings (SSSR count). The first-order valence-corrected chi connectivity index (χ1v) is 7.88. The zero-order chi connectivity index (χ0) is 14.6. The first kappa shape index (κ1) is 15.5. The first-order chi connectivity index (χ1) is 9.48. The molecule has 4 heteroatoms. The molecular weight excluding hydrogens is 250 g/mol. The van der Waals surface area contributed by atoms with Gasteiger partial charge in [0, 0.05) is 30.9 Å². The Hall–Kier alpha value is -0.870. The fourth-order valence-electron chi connectivity index (χ4n) is 2.66. The minimum absolute atomic E-state index is 0.167. The number of hydrogen-bond donors (Lipinski definition) is 1. The number of hydrogen-bond acceptors (Lipinski definition) is 3. The van der Waals surface area contributed by atoms with Gasteiger partial charge in [0.05, 0.1) is 18.8 Å². The van der Waals surface area contributed by atoms with Crippen LogP contribution in [0, 0.1) is 0 Å². The number of nitrogens with zero attached hydrogens (tertiary/aromatic N) is 2. The molecule has 0 amide bonds. The lowest BCUT2D eigenvalue weighted by atomic mass is 10.1. The van der Waals surface area contributed by atoms with Crippen LogP contribution in [-0.2, 0) is 17.7 Å². The van der Waals surface area contributed by atoms with Crippen LogP contribution < -0.4 is 5.32 Å². The highest BCUT2D eigenvalue weighted by molar-refractivity contribution is 4.93. The van der Waals surface area contributed by atoms with Crippen molar-refractivity contribution in [3.8, 4) is 0 Å². The van der Waals surface area contributed by atoms with Gasteiger partial charge in [-0.3, -0.25) is 0 Å². The van der Waals surface area contributed by atoms with Crippen molar-refractivity contribution >= 4 is 0 Å². The molecule has 2 unspecified atom stereocenters. The van der Waals surface area contributed by atoms with Gasteiger partial charge in [0.2, 0.25) is 0 Å². The molecule has 1 saturated heterocycles. The van der Waals surface area contributed by atoms with Gasteiger partial charge in [-0.25, -0.2) is 4.98 Å². The highest BCUT2D eigenvalue weighted by Crippen LogP contribution is 2.21. The van der Waals surface area contributed by atoms with Gasteiger partial charge in [-0.15, -0.1) is 0 Å². The van der Waals surface area contributed by atoms with Crippen LogP contribution in [-0.4, -0.2) is 33.8 Å². The monoisotopic (exact) mass is 279 g/mol. The van der Waals surface area contributed by atoms with Gasteiger partial charge in [-0.05, 0) is 40.0 Å². The maximum atomic E-state index is 6.15. The van der Waals surface area contributed by atoms with Crippen molar-refractivity contribution in [1.29, 1.82) is 0 Å². The summed E-state index contributed by atoms with van der Waals surface area (Å²) < 4.78 is 8.41. The molecule has 1 aliphatic rings. The Morgan fingerprint density at radius 2 is 2.10 bits per heavy atom. The van der Waals surface area contributed by atoms with Crippen molar-refractivity contribution < 1.29 is 4.74 Å². The van der Waals surface area contributed by atoms with E-state index >= 15 is 0 Å². The Balaban J connectivity index is 1.79. The van der Waals surface area contributed by atoms with E-state index in [1.54, 1.807) is 0 Å². The number of ether oxygens (including phenoxy) is 1. The second-order valence-corrected chi connectivity index (χ2v) is 6.83. The summed E-state index contributed by atoms with van der Waals surface area (Å²) in [6.45, 7) is 10.7. The minimum Gasteiger partial charge on any atom is -0.372 e. The van der Waals surface area contributed by atoms with Crippen LogP contribution >= 0.6 is 0 Å². The van der Waals surface area contributed by atoms with Gasteiger partial charge in [-0.1, -0.05) is 6.92 Å². The predicted octanol–water partition coefficient (Wildman–Crippen LogP) is 2.77. The van der Waals surface area contributed by atoms with Crippen LogP contribution in [0.25, 0.3) is 0 Å². The van der Waals surface area contributed by atoms with Gasteiger partial charge >= 0.3 is 0 Å². The molecular formula is C16H29N3O. The first-order valence-electron chi connectivity index (χ1n) is 7.88. The smallest absolute Gasteiger partial charge is 0.108 e. The summed E-state index contributed by atoms with van der Waals surface area (Å²) in [6, 6.07) is 0. The van der Waals surface area contributed by atoms with Crippen molar-refractivity contribution in [2.45, 2.75) is 77.7 Å². The van der Waals surface area contributed by atoms with Crippen molar-refractivity contribution in [2.24, 2.45) is 0 Å². The van der Waals surface area contributed by atoms with Crippen molar-refractivity contribution in [2.75, 3.05) is 6.54 Å². The van der Waals surface area contributed by atoms with Gasteiger partial charge < -0.3 is 14.6 Å². The zero-order valence-electron chi connectivity index (χ0n) is 13.4. The minimum atomic E-state index is 0.167. The normalized spacial score (nSPS) is 23.4. The molecule has 2 heterocycles. The molecule has 2 atom stereocenters. The van der Waals surface area contributed by atoms with Gasteiger partial charge in [-0.2, -0.15) is 0 Å². The van der Waals surface area contributed by atoms with E-state index in [9.17, 15) is 0 Å². The fraction of sp³-hybridized carbons (Fsp3) is 0.812. The molecule has 0 aliphatic carbocycles. The summed E-state index contributed by atoms with van der Waals surface area (Å²) >= 11 is 0. The topological polar surface area (TPSA) is 39.1 Å². The van der Waals surface area contributed by atoms with Crippen molar-refractivity contribution in [3.63, 3.8) is 0 Å². The number of nitrogens with one attached hydrogen (secondary N) is 1. The van der Waals surface area contributed by atoms with E-state index in [1.807, 2.05) is 6.20 Å². The molecule has 0 saturated carbocycles. The lowest BCUT2D eigenvalue weighted by molar-refractivity contribution is 0.0326. The van der Waals surface area contributed by atoms with Gasteiger partial charge in [0.25, 0.3) is 0 Å². The number of imidazole rings is 1. The van der Waals surface area contributed by atoms with Gasteiger partial charge in [0.15, 0.2) is 0 Å². The van der Waals surface area contributed by atoms with E-state index in [4.69, 9.17) is 4.74 Å². The molecule has 114 valence electrons. The SMILES string of the molecule is CCCc1nccn1CC1CCC(CNC(C)(C)C)O1. The third kappa shape index (κ3) is 4.60. The Bertz CT molecular complexity index is 408. The molecule has 0 bridgehead atoms. The standard InChI is InChI=1S/C16H29N3O/c1-5-6-15-17-9-10-19(15)12-14-8-7-13(20-14)11-18-16(2,3)4/h9-10,13-14,18H,5-8,11-12H2,1-4H3. The van der Waals surface area contributed by atoms with E-state index < -0.39 is 0 Å². The lowest BCUT2D eigenvalue weighted by Gasteiger charge is -2.23. The summed E-state index contributed by atoms with van der Waals surface area (Å²) in [4.78, 5) is 4.43. The largest absolute Gasteiger partial charge is 0.372 e. The number of aromatic nitrogens is 2. The van der Waals surface area contributed by atoms with Crippen LogP contribution in [0.1, 0.15) is 52.8 Å². The Labute approximate surface area is 122 Å². The van der Waals surface area contributed by atoms with Crippen LogP contribution in [0.15, 0.2) is 12.4 Å². The van der Waals surface area contributed by atoms with E-state index in [2.05, 4.69) is 48.8 Å².